The molecule has 1 amide bonds. The number of nitrogens with zero attached hydrogens (tertiary/aromatic N) is 1. The van der Waals surface area contributed by atoms with Gasteiger partial charge < -0.3 is 9.64 Å². The molecule has 0 aromatic rings. The van der Waals surface area contributed by atoms with Gasteiger partial charge in [-0.3, -0.25) is 4.18 Å². The highest BCUT2D eigenvalue weighted by atomic mass is 32.2. The standard InChI is InChI=1S/C14H27NO5S/c1-13(2,3)20-12(16)15-9-7-11(14(15,4)5)8-10-19-21(6,17)18/h11H,7-10H2,1-6H3/t11-/m0/s1. The molecule has 1 fully saturated rings. The van der Waals surface area contributed by atoms with Crippen LogP contribution in [0.15, 0.2) is 0 Å². The molecule has 7 heteroatoms. The number of ether oxygens (including phenoxy) is 1. The maximum absolute atomic E-state index is 12.2. The van der Waals surface area contributed by atoms with Crippen LogP contribution in [0.4, 0.5) is 4.79 Å². The van der Waals surface area contributed by atoms with Crippen LogP contribution in [0.5, 0.6) is 0 Å². The minimum Gasteiger partial charge on any atom is -0.444 e. The normalized spacial score (nSPS) is 22.4. The fraction of sp³-hybridized carbons (Fsp3) is 0.929. The van der Waals surface area contributed by atoms with Crippen molar-refractivity contribution in [2.24, 2.45) is 5.92 Å². The second kappa shape index (κ2) is 6.12. The van der Waals surface area contributed by atoms with E-state index in [0.717, 1.165) is 12.7 Å². The van der Waals surface area contributed by atoms with E-state index in [1.807, 2.05) is 34.6 Å². The lowest BCUT2D eigenvalue weighted by Gasteiger charge is -2.37. The molecule has 0 spiro atoms. The van der Waals surface area contributed by atoms with Crippen LogP contribution in [0.3, 0.4) is 0 Å². The van der Waals surface area contributed by atoms with Gasteiger partial charge in [-0.1, -0.05) is 0 Å². The van der Waals surface area contributed by atoms with E-state index in [0.29, 0.717) is 13.0 Å². The van der Waals surface area contributed by atoms with Gasteiger partial charge in [0.1, 0.15) is 5.60 Å². The van der Waals surface area contributed by atoms with Gasteiger partial charge in [-0.25, -0.2) is 4.79 Å². The van der Waals surface area contributed by atoms with Crippen molar-refractivity contribution in [3.63, 3.8) is 0 Å². The summed E-state index contributed by atoms with van der Waals surface area (Å²) in [5.41, 5.74) is -0.895. The van der Waals surface area contributed by atoms with Gasteiger partial charge in [0, 0.05) is 12.1 Å². The Bertz CT molecular complexity index is 478. The summed E-state index contributed by atoms with van der Waals surface area (Å²) in [5.74, 6) is 0.187. The van der Waals surface area contributed by atoms with Crippen molar-refractivity contribution >= 4 is 16.2 Å². The summed E-state index contributed by atoms with van der Waals surface area (Å²) in [5, 5.41) is 0. The van der Waals surface area contributed by atoms with E-state index < -0.39 is 15.7 Å². The Morgan fingerprint density at radius 1 is 1.33 bits per heavy atom. The van der Waals surface area contributed by atoms with Gasteiger partial charge in [-0.15, -0.1) is 0 Å². The minimum atomic E-state index is -3.41. The molecule has 1 rings (SSSR count). The van der Waals surface area contributed by atoms with Gasteiger partial charge in [-0.2, -0.15) is 8.42 Å². The van der Waals surface area contributed by atoms with Gasteiger partial charge in [0.15, 0.2) is 0 Å². The number of rotatable bonds is 4. The Balaban J connectivity index is 2.63. The van der Waals surface area contributed by atoms with Crippen molar-refractivity contribution in [3.05, 3.63) is 0 Å². The first-order valence-electron chi connectivity index (χ1n) is 7.18. The van der Waals surface area contributed by atoms with Gasteiger partial charge in [0.2, 0.25) is 0 Å². The largest absolute Gasteiger partial charge is 0.444 e. The molecule has 0 N–H and O–H groups in total. The van der Waals surface area contributed by atoms with Gasteiger partial charge in [0.25, 0.3) is 10.1 Å². The molecule has 0 aromatic carbocycles. The third kappa shape index (κ3) is 5.47. The van der Waals surface area contributed by atoms with Crippen molar-refractivity contribution in [3.8, 4) is 0 Å². The molecule has 1 atom stereocenters. The highest BCUT2D eigenvalue weighted by molar-refractivity contribution is 7.85. The lowest BCUT2D eigenvalue weighted by atomic mass is 9.86. The van der Waals surface area contributed by atoms with Crippen LogP contribution < -0.4 is 0 Å². The zero-order valence-electron chi connectivity index (χ0n) is 13.8. The fourth-order valence-electron chi connectivity index (χ4n) is 2.63. The Labute approximate surface area is 127 Å². The number of carbonyl (C=O) groups excluding carboxylic acids is 1. The molecule has 0 aliphatic carbocycles. The van der Waals surface area contributed by atoms with Crippen LogP contribution >= 0.6 is 0 Å². The van der Waals surface area contributed by atoms with Crippen LogP contribution in [0.25, 0.3) is 0 Å². The lowest BCUT2D eigenvalue weighted by Crippen LogP contribution is -2.48. The fourth-order valence-corrected chi connectivity index (χ4v) is 3.03. The van der Waals surface area contributed by atoms with E-state index in [9.17, 15) is 13.2 Å². The Kier molecular flexibility index (Phi) is 5.31. The van der Waals surface area contributed by atoms with E-state index in [4.69, 9.17) is 8.92 Å². The molecule has 1 heterocycles. The molecule has 6 nitrogen and oxygen atoms in total. The summed E-state index contributed by atoms with van der Waals surface area (Å²) in [6.45, 7) is 10.2. The summed E-state index contributed by atoms with van der Waals surface area (Å²) in [7, 11) is -3.41. The lowest BCUT2D eigenvalue weighted by molar-refractivity contribution is 0.00798. The molecule has 0 bridgehead atoms. The molecule has 124 valence electrons. The third-order valence-electron chi connectivity index (χ3n) is 3.77. The van der Waals surface area contributed by atoms with Crippen LogP contribution in [0, 0.1) is 5.92 Å². The van der Waals surface area contributed by atoms with Gasteiger partial charge in [-0.05, 0) is 53.4 Å². The molecule has 0 aromatic heterocycles. The van der Waals surface area contributed by atoms with Crippen molar-refractivity contribution in [2.75, 3.05) is 19.4 Å². The van der Waals surface area contributed by atoms with Crippen molar-refractivity contribution < 1.29 is 22.1 Å². The first-order chi connectivity index (χ1) is 9.33. The molecule has 0 radical (unpaired) electrons. The summed E-state index contributed by atoms with van der Waals surface area (Å²) in [6, 6.07) is 0. The van der Waals surface area contributed by atoms with Crippen LogP contribution in [-0.2, 0) is 19.0 Å². The second-order valence-corrected chi connectivity index (χ2v) is 8.73. The quantitative estimate of drug-likeness (QED) is 0.743. The van der Waals surface area contributed by atoms with Crippen molar-refractivity contribution in [2.45, 2.75) is 58.6 Å². The molecular formula is C14H27NO5S. The smallest absolute Gasteiger partial charge is 0.410 e. The minimum absolute atomic E-state index is 0.148. The Morgan fingerprint density at radius 3 is 2.38 bits per heavy atom. The first-order valence-corrected chi connectivity index (χ1v) is 8.99. The summed E-state index contributed by atoms with van der Waals surface area (Å²) >= 11 is 0. The Hall–Kier alpha value is -0.820. The highest BCUT2D eigenvalue weighted by Crippen LogP contribution is 2.37. The van der Waals surface area contributed by atoms with Crippen LogP contribution in [-0.4, -0.2) is 50.0 Å². The topological polar surface area (TPSA) is 72.9 Å². The van der Waals surface area contributed by atoms with Gasteiger partial charge >= 0.3 is 6.09 Å². The van der Waals surface area contributed by atoms with E-state index in [-0.39, 0.29) is 24.2 Å². The highest BCUT2D eigenvalue weighted by Gasteiger charge is 2.44. The molecule has 0 saturated carbocycles. The van der Waals surface area contributed by atoms with E-state index in [2.05, 4.69) is 0 Å². The summed E-state index contributed by atoms with van der Waals surface area (Å²) in [6.07, 6.45) is 2.14. The maximum Gasteiger partial charge on any atom is 0.410 e. The molecular weight excluding hydrogens is 294 g/mol. The average molecular weight is 321 g/mol. The first kappa shape index (κ1) is 18.2. The average Bonchev–Trinajstić information content (AvgIpc) is 2.50. The SMILES string of the molecule is CC(C)(C)OC(=O)N1CC[C@@H](CCOS(C)(=O)=O)C1(C)C. The molecule has 1 aliphatic rings. The predicted octanol–water partition coefficient (Wildman–Crippen LogP) is 2.39. The summed E-state index contributed by atoms with van der Waals surface area (Å²) < 4.78 is 32.2. The number of carbonyl (C=O) groups is 1. The number of amides is 1. The third-order valence-corrected chi connectivity index (χ3v) is 4.37. The molecule has 1 aliphatic heterocycles. The van der Waals surface area contributed by atoms with Crippen LogP contribution in [0.1, 0.15) is 47.5 Å². The van der Waals surface area contributed by atoms with Crippen molar-refractivity contribution in [1.82, 2.24) is 4.90 Å². The second-order valence-electron chi connectivity index (χ2n) is 7.09. The number of likely N-dealkylation sites (tertiary alicyclic amines) is 1. The maximum atomic E-state index is 12.2. The molecule has 21 heavy (non-hydrogen) atoms. The van der Waals surface area contributed by atoms with E-state index >= 15 is 0 Å². The van der Waals surface area contributed by atoms with Crippen LogP contribution in [0.2, 0.25) is 0 Å². The van der Waals surface area contributed by atoms with E-state index in [1.165, 1.54) is 0 Å². The molecule has 0 unspecified atom stereocenters. The monoisotopic (exact) mass is 321 g/mol. The van der Waals surface area contributed by atoms with Crippen molar-refractivity contribution in [1.29, 1.82) is 0 Å². The van der Waals surface area contributed by atoms with E-state index in [1.54, 1.807) is 4.90 Å². The zero-order valence-corrected chi connectivity index (χ0v) is 14.6. The number of hydrogen-bond acceptors (Lipinski definition) is 5. The number of hydrogen-bond donors (Lipinski definition) is 0. The molecule has 1 saturated heterocycles. The van der Waals surface area contributed by atoms with Gasteiger partial charge in [0.05, 0.1) is 12.9 Å². The summed E-state index contributed by atoms with van der Waals surface area (Å²) in [4.78, 5) is 14.0. The predicted molar refractivity (Wildman–Crippen MR) is 80.5 cm³/mol. The zero-order chi connectivity index (χ0) is 16.5. The Morgan fingerprint density at radius 2 is 1.90 bits per heavy atom.